The van der Waals surface area contributed by atoms with Crippen molar-refractivity contribution in [2.45, 2.75) is 10.7 Å². The van der Waals surface area contributed by atoms with Crippen molar-refractivity contribution in [2.24, 2.45) is 0 Å². The van der Waals surface area contributed by atoms with Gasteiger partial charge in [-0.25, -0.2) is 0 Å². The van der Waals surface area contributed by atoms with E-state index in [1.807, 2.05) is 0 Å². The first-order valence-corrected chi connectivity index (χ1v) is 3.04. The third kappa shape index (κ3) is 30.7. The molecule has 0 amide bonds. The Morgan fingerprint density at radius 3 is 1.33 bits per heavy atom. The van der Waals surface area contributed by atoms with Gasteiger partial charge >= 0.3 is 0 Å². The Labute approximate surface area is 68.1 Å². The molecule has 0 atom stereocenters. The van der Waals surface area contributed by atoms with Crippen molar-refractivity contribution in [2.75, 3.05) is 0 Å². The van der Waals surface area contributed by atoms with E-state index in [0.29, 0.717) is 0 Å². The summed E-state index contributed by atoms with van der Waals surface area (Å²) in [5.41, 5.74) is 0. The molecule has 2 nitrogen and oxygen atoms in total. The lowest BCUT2D eigenvalue weighted by Gasteiger charge is -1.93. The minimum atomic E-state index is -1.72. The molecule has 0 aromatic carbocycles. The molecular weight excluding hydrogens is 186 g/mol. The number of rotatable bonds is 0. The molecule has 0 unspecified atom stereocenters. The van der Waals surface area contributed by atoms with Crippen molar-refractivity contribution >= 4 is 47.4 Å². The summed E-state index contributed by atoms with van der Waals surface area (Å²) >= 11 is 14.6. The zero-order valence-corrected chi connectivity index (χ0v) is 6.87. The zero-order valence-electron chi connectivity index (χ0n) is 4.61. The highest BCUT2D eigenvalue weighted by atomic mass is 35.6. The Balaban J connectivity index is 0. The quantitative estimate of drug-likeness (QED) is 0.432. The third-order valence-electron chi connectivity index (χ3n) is 0.134. The van der Waals surface area contributed by atoms with Crippen molar-refractivity contribution < 1.29 is 9.59 Å². The fraction of sp³-hybridized carbons (Fsp3) is 0.500. The van der Waals surface area contributed by atoms with Crippen molar-refractivity contribution in [3.05, 3.63) is 0 Å². The summed E-state index contributed by atoms with van der Waals surface area (Å²) in [6.07, 6.45) is 0.984. The van der Waals surface area contributed by atoms with Gasteiger partial charge < -0.3 is 4.79 Å². The van der Waals surface area contributed by atoms with Gasteiger partial charge in [0.2, 0.25) is 3.79 Å². The summed E-state index contributed by atoms with van der Waals surface area (Å²) in [5.74, 6) is 0. The molecule has 54 valence electrons. The van der Waals surface area contributed by atoms with Gasteiger partial charge in [0.05, 0.1) is 0 Å². The second-order valence-corrected chi connectivity index (χ2v) is 3.26. The van der Waals surface area contributed by atoms with E-state index in [-0.39, 0.29) is 6.29 Å². The predicted molar refractivity (Wildman–Crippen MR) is 38.1 cm³/mol. The van der Waals surface area contributed by atoms with E-state index >= 15 is 0 Å². The standard InChI is InChI=1S/C2HCl3O.C2H4O/c3-2(4,5)1-6;1-2-3/h1H;2H,1H3. The van der Waals surface area contributed by atoms with Crippen molar-refractivity contribution in [3.63, 3.8) is 0 Å². The average Bonchev–Trinajstić information content (AvgIpc) is 1.67. The van der Waals surface area contributed by atoms with Crippen LogP contribution in [0.3, 0.4) is 0 Å². The van der Waals surface area contributed by atoms with Crippen LogP contribution < -0.4 is 0 Å². The van der Waals surface area contributed by atoms with Crippen LogP contribution in [-0.2, 0) is 9.59 Å². The first kappa shape index (κ1) is 11.9. The molecular formula is C4H5Cl3O2. The molecule has 0 saturated heterocycles. The van der Waals surface area contributed by atoms with E-state index in [2.05, 4.69) is 0 Å². The van der Waals surface area contributed by atoms with Crippen molar-refractivity contribution in [3.8, 4) is 0 Å². The van der Waals surface area contributed by atoms with E-state index in [0.717, 1.165) is 6.29 Å². The molecule has 0 aliphatic heterocycles. The largest absolute Gasteiger partial charge is 0.304 e. The lowest BCUT2D eigenvalue weighted by atomic mass is 10.9. The van der Waals surface area contributed by atoms with Gasteiger partial charge in [-0.2, -0.15) is 0 Å². The monoisotopic (exact) mass is 190 g/mol. The van der Waals surface area contributed by atoms with E-state index in [9.17, 15) is 4.79 Å². The first-order chi connectivity index (χ1) is 3.97. The van der Waals surface area contributed by atoms with Crippen LogP contribution >= 0.6 is 34.8 Å². The fourth-order valence-corrected chi connectivity index (χ4v) is 0. The maximum atomic E-state index is 9.43. The number of carbonyl (C=O) groups excluding carboxylic acids is 2. The van der Waals surface area contributed by atoms with Crippen LogP contribution in [0.5, 0.6) is 0 Å². The average molecular weight is 191 g/mol. The van der Waals surface area contributed by atoms with E-state index < -0.39 is 3.79 Å². The van der Waals surface area contributed by atoms with Crippen LogP contribution in [0.25, 0.3) is 0 Å². The number of hydrogen-bond donors (Lipinski definition) is 0. The summed E-state index contributed by atoms with van der Waals surface area (Å²) in [6.45, 7) is 1.44. The Hall–Kier alpha value is 0.210. The number of alkyl halides is 3. The molecule has 0 aromatic heterocycles. The van der Waals surface area contributed by atoms with Crippen LogP contribution in [0.4, 0.5) is 0 Å². The number of halogens is 3. The van der Waals surface area contributed by atoms with Crippen LogP contribution in [0.2, 0.25) is 0 Å². The number of carbonyl (C=O) groups is 2. The van der Waals surface area contributed by atoms with Crippen LogP contribution in [-0.4, -0.2) is 16.4 Å². The van der Waals surface area contributed by atoms with Crippen LogP contribution in [0.1, 0.15) is 6.92 Å². The van der Waals surface area contributed by atoms with Crippen LogP contribution in [0, 0.1) is 0 Å². The van der Waals surface area contributed by atoms with E-state index in [1.165, 1.54) is 6.92 Å². The second kappa shape index (κ2) is 6.33. The molecule has 0 radical (unpaired) electrons. The Kier molecular flexibility index (Phi) is 8.40. The maximum absolute atomic E-state index is 9.43. The van der Waals surface area contributed by atoms with Gasteiger partial charge in [-0.05, 0) is 6.92 Å². The summed E-state index contributed by atoms with van der Waals surface area (Å²) in [5, 5.41) is 0. The summed E-state index contributed by atoms with van der Waals surface area (Å²) in [4.78, 5) is 18.2. The van der Waals surface area contributed by atoms with Gasteiger partial charge in [-0.3, -0.25) is 4.79 Å². The topological polar surface area (TPSA) is 34.1 Å². The molecule has 0 bridgehead atoms. The molecule has 0 aliphatic rings. The summed E-state index contributed by atoms with van der Waals surface area (Å²) in [7, 11) is 0. The molecule has 0 aliphatic carbocycles. The highest BCUT2D eigenvalue weighted by Crippen LogP contribution is 2.21. The Morgan fingerprint density at radius 2 is 1.33 bits per heavy atom. The molecule has 9 heavy (non-hydrogen) atoms. The van der Waals surface area contributed by atoms with E-state index in [4.69, 9.17) is 39.6 Å². The maximum Gasteiger partial charge on any atom is 0.245 e. The molecule has 0 saturated carbocycles. The normalized spacial score (nSPS) is 8.89. The summed E-state index contributed by atoms with van der Waals surface area (Å²) < 4.78 is -1.72. The Bertz CT molecular complexity index is 86.3. The van der Waals surface area contributed by atoms with Gasteiger partial charge in [0.25, 0.3) is 0 Å². The van der Waals surface area contributed by atoms with Crippen molar-refractivity contribution in [1.29, 1.82) is 0 Å². The van der Waals surface area contributed by atoms with Crippen LogP contribution in [0.15, 0.2) is 0 Å². The minimum absolute atomic E-state index is 0.234. The molecule has 0 N–H and O–H groups in total. The zero-order chi connectivity index (χ0) is 7.91. The van der Waals surface area contributed by atoms with Gasteiger partial charge in [-0.15, -0.1) is 0 Å². The van der Waals surface area contributed by atoms with E-state index in [1.54, 1.807) is 0 Å². The fourth-order valence-electron chi connectivity index (χ4n) is 0. The van der Waals surface area contributed by atoms with Gasteiger partial charge in [0, 0.05) is 0 Å². The third-order valence-corrected chi connectivity index (χ3v) is 0.401. The second-order valence-electron chi connectivity index (χ2n) is 0.895. The van der Waals surface area contributed by atoms with Gasteiger partial charge in [0.15, 0.2) is 6.29 Å². The highest BCUT2D eigenvalue weighted by molar-refractivity contribution is 6.74. The number of aldehydes is 2. The highest BCUT2D eigenvalue weighted by Gasteiger charge is 2.16. The smallest absolute Gasteiger partial charge is 0.245 e. The molecule has 0 spiro atoms. The molecule has 0 aromatic rings. The molecule has 5 heteroatoms. The lowest BCUT2D eigenvalue weighted by Crippen LogP contribution is -2.00. The minimum Gasteiger partial charge on any atom is -0.304 e. The summed E-state index contributed by atoms with van der Waals surface area (Å²) in [6, 6.07) is 0. The first-order valence-electron chi connectivity index (χ1n) is 1.90. The Morgan fingerprint density at radius 1 is 1.22 bits per heavy atom. The van der Waals surface area contributed by atoms with Gasteiger partial charge in [0.1, 0.15) is 6.29 Å². The number of hydrogen-bond acceptors (Lipinski definition) is 2. The van der Waals surface area contributed by atoms with Gasteiger partial charge in [-0.1, -0.05) is 34.8 Å². The SMILES string of the molecule is CC=O.O=CC(Cl)(Cl)Cl. The lowest BCUT2D eigenvalue weighted by molar-refractivity contribution is -0.107. The molecule has 0 fully saturated rings. The molecule has 0 heterocycles. The predicted octanol–water partition coefficient (Wildman–Crippen LogP) is 1.76. The molecule has 0 rings (SSSR count). The van der Waals surface area contributed by atoms with Crippen molar-refractivity contribution in [1.82, 2.24) is 0 Å².